The van der Waals surface area contributed by atoms with Crippen LogP contribution in [0.5, 0.6) is 5.75 Å². The molecular weight excluding hydrogens is 296 g/mol. The van der Waals surface area contributed by atoms with Crippen molar-refractivity contribution in [2.45, 2.75) is 13.0 Å². The number of nitrogens with zero attached hydrogens (tertiary/aromatic N) is 3. The maximum atomic E-state index is 11.6. The Bertz CT molecular complexity index is 707. The molecule has 2 aromatic rings. The van der Waals surface area contributed by atoms with Crippen LogP contribution in [0.2, 0.25) is 0 Å². The Morgan fingerprint density at radius 3 is 3.00 bits per heavy atom. The minimum Gasteiger partial charge on any atom is -0.497 e. The zero-order chi connectivity index (χ0) is 16.2. The summed E-state index contributed by atoms with van der Waals surface area (Å²) in [7, 11) is 1.64. The van der Waals surface area contributed by atoms with Gasteiger partial charge in [0.2, 0.25) is 5.95 Å². The maximum Gasteiger partial charge on any atom is 0.415 e. The molecule has 1 atom stereocenters. The Morgan fingerprint density at radius 1 is 1.39 bits per heavy atom. The number of hydrogen-bond donors (Lipinski definition) is 1. The van der Waals surface area contributed by atoms with E-state index in [0.29, 0.717) is 24.9 Å². The van der Waals surface area contributed by atoms with Gasteiger partial charge in [0.1, 0.15) is 18.2 Å². The highest BCUT2D eigenvalue weighted by Gasteiger charge is 2.25. The van der Waals surface area contributed by atoms with Crippen molar-refractivity contribution in [2.24, 2.45) is 0 Å². The van der Waals surface area contributed by atoms with Crippen LogP contribution in [0.15, 0.2) is 36.5 Å². The summed E-state index contributed by atoms with van der Waals surface area (Å²) in [6, 6.07) is 9.47. The van der Waals surface area contributed by atoms with Gasteiger partial charge in [-0.3, -0.25) is 4.90 Å². The van der Waals surface area contributed by atoms with E-state index in [1.54, 1.807) is 19.4 Å². The number of anilines is 2. The molecule has 0 spiro atoms. The van der Waals surface area contributed by atoms with E-state index in [4.69, 9.17) is 9.47 Å². The number of benzene rings is 1. The lowest BCUT2D eigenvalue weighted by molar-refractivity contribution is 0.181. The third kappa shape index (κ3) is 3.33. The van der Waals surface area contributed by atoms with Gasteiger partial charge < -0.3 is 14.8 Å². The van der Waals surface area contributed by atoms with Crippen molar-refractivity contribution in [3.63, 3.8) is 0 Å². The minimum absolute atomic E-state index is 0.00844. The molecule has 120 valence electrons. The van der Waals surface area contributed by atoms with Gasteiger partial charge in [0.25, 0.3) is 0 Å². The van der Waals surface area contributed by atoms with Crippen LogP contribution < -0.4 is 15.0 Å². The summed E-state index contributed by atoms with van der Waals surface area (Å²) < 4.78 is 10.2. The first-order chi connectivity index (χ1) is 11.2. The highest BCUT2D eigenvalue weighted by Crippen LogP contribution is 2.22. The highest BCUT2D eigenvalue weighted by molar-refractivity contribution is 5.88. The normalized spacial score (nSPS) is 15.2. The highest BCUT2D eigenvalue weighted by atomic mass is 16.6. The Kier molecular flexibility index (Phi) is 4.27. The Morgan fingerprint density at radius 2 is 2.26 bits per heavy atom. The molecule has 1 N–H and O–H groups in total. The molecule has 0 saturated carbocycles. The number of aromatic nitrogens is 2. The van der Waals surface area contributed by atoms with E-state index in [2.05, 4.69) is 15.3 Å². The quantitative estimate of drug-likeness (QED) is 0.914. The lowest BCUT2D eigenvalue weighted by Crippen LogP contribution is -2.25. The molecule has 0 aliphatic carbocycles. The number of methoxy groups -OCH3 is 1. The molecule has 0 bridgehead atoms. The second kappa shape index (κ2) is 6.51. The molecule has 1 unspecified atom stereocenters. The van der Waals surface area contributed by atoms with Crippen molar-refractivity contribution in [2.75, 3.05) is 30.5 Å². The van der Waals surface area contributed by atoms with Crippen molar-refractivity contribution < 1.29 is 14.3 Å². The van der Waals surface area contributed by atoms with Gasteiger partial charge in [-0.05, 0) is 30.7 Å². The number of nitrogens with one attached hydrogen (secondary N) is 1. The molecule has 0 radical (unpaired) electrons. The van der Waals surface area contributed by atoms with E-state index in [-0.39, 0.29) is 12.1 Å². The number of hydrogen-bond acceptors (Lipinski definition) is 6. The minimum atomic E-state index is -0.379. The summed E-state index contributed by atoms with van der Waals surface area (Å²) in [5.41, 5.74) is 1.05. The molecule has 2 heterocycles. The van der Waals surface area contributed by atoms with Crippen LogP contribution in [0.25, 0.3) is 0 Å². The van der Waals surface area contributed by atoms with Crippen LogP contribution >= 0.6 is 0 Å². The van der Waals surface area contributed by atoms with E-state index in [0.717, 1.165) is 11.3 Å². The Labute approximate surface area is 134 Å². The summed E-state index contributed by atoms with van der Waals surface area (Å²) in [6.45, 7) is 2.89. The third-order valence-corrected chi connectivity index (χ3v) is 3.62. The maximum absolute atomic E-state index is 11.6. The van der Waals surface area contributed by atoms with E-state index >= 15 is 0 Å². The largest absolute Gasteiger partial charge is 0.497 e. The van der Waals surface area contributed by atoms with Crippen molar-refractivity contribution in [1.29, 1.82) is 0 Å². The molecular formula is C16H18N4O3. The second-order valence-corrected chi connectivity index (χ2v) is 5.15. The number of carbonyl (C=O) groups excluding carboxylic acids is 1. The third-order valence-electron chi connectivity index (χ3n) is 3.62. The summed E-state index contributed by atoms with van der Waals surface area (Å²) in [5, 5.41) is 3.23. The smallest absolute Gasteiger partial charge is 0.415 e. The molecule has 23 heavy (non-hydrogen) atoms. The van der Waals surface area contributed by atoms with Crippen LogP contribution in [-0.4, -0.2) is 36.3 Å². The van der Waals surface area contributed by atoms with Crippen LogP contribution in [0.4, 0.5) is 16.6 Å². The number of carbonyl (C=O) groups is 1. The predicted molar refractivity (Wildman–Crippen MR) is 85.8 cm³/mol. The van der Waals surface area contributed by atoms with Gasteiger partial charge in [-0.25, -0.2) is 9.78 Å². The van der Waals surface area contributed by atoms with Gasteiger partial charge in [-0.15, -0.1) is 0 Å². The van der Waals surface area contributed by atoms with Crippen molar-refractivity contribution in [3.8, 4) is 5.75 Å². The molecule has 3 rings (SSSR count). The SMILES string of the molecule is COc1cccc(C(C)Nc2nccc(N3CCOC3=O)n2)c1. The molecule has 7 heteroatoms. The predicted octanol–water partition coefficient (Wildman–Crippen LogP) is 2.61. The fraction of sp³-hybridized carbons (Fsp3) is 0.312. The number of amides is 1. The van der Waals surface area contributed by atoms with E-state index in [1.807, 2.05) is 31.2 Å². The number of ether oxygens (including phenoxy) is 2. The fourth-order valence-corrected chi connectivity index (χ4v) is 2.36. The molecule has 7 nitrogen and oxygen atoms in total. The van der Waals surface area contributed by atoms with Crippen LogP contribution in [-0.2, 0) is 4.74 Å². The van der Waals surface area contributed by atoms with Gasteiger partial charge in [0, 0.05) is 6.20 Å². The average molecular weight is 314 g/mol. The number of cyclic esters (lactones) is 1. The first-order valence-corrected chi connectivity index (χ1v) is 7.35. The average Bonchev–Trinajstić information content (AvgIpc) is 3.01. The first kappa shape index (κ1) is 15.1. The lowest BCUT2D eigenvalue weighted by atomic mass is 10.1. The second-order valence-electron chi connectivity index (χ2n) is 5.15. The van der Waals surface area contributed by atoms with E-state index in [9.17, 15) is 4.79 Å². The van der Waals surface area contributed by atoms with Gasteiger partial charge in [0.05, 0.1) is 19.7 Å². The lowest BCUT2D eigenvalue weighted by Gasteiger charge is -2.17. The molecule has 1 aliphatic heterocycles. The monoisotopic (exact) mass is 314 g/mol. The van der Waals surface area contributed by atoms with Crippen molar-refractivity contribution in [3.05, 3.63) is 42.1 Å². The van der Waals surface area contributed by atoms with Crippen LogP contribution in [0, 0.1) is 0 Å². The molecule has 1 saturated heterocycles. The molecule has 1 aliphatic rings. The van der Waals surface area contributed by atoms with Crippen molar-refractivity contribution in [1.82, 2.24) is 9.97 Å². The number of rotatable bonds is 5. The van der Waals surface area contributed by atoms with Crippen LogP contribution in [0.3, 0.4) is 0 Å². The molecule has 1 fully saturated rings. The topological polar surface area (TPSA) is 76.6 Å². The van der Waals surface area contributed by atoms with Gasteiger partial charge in [-0.2, -0.15) is 4.98 Å². The first-order valence-electron chi connectivity index (χ1n) is 7.35. The Balaban J connectivity index is 1.75. The standard InChI is InChI=1S/C16H18N4O3/c1-11(12-4-3-5-13(10-12)22-2)18-15-17-7-6-14(19-15)20-8-9-23-16(20)21/h3-7,10-11H,8-9H2,1-2H3,(H,17,18,19). The zero-order valence-corrected chi connectivity index (χ0v) is 13.0. The molecule has 1 amide bonds. The molecule has 1 aromatic heterocycles. The summed E-state index contributed by atoms with van der Waals surface area (Å²) >= 11 is 0. The van der Waals surface area contributed by atoms with Gasteiger partial charge in [-0.1, -0.05) is 12.1 Å². The zero-order valence-electron chi connectivity index (χ0n) is 13.0. The van der Waals surface area contributed by atoms with E-state index in [1.165, 1.54) is 4.90 Å². The fourth-order valence-electron chi connectivity index (χ4n) is 2.36. The van der Waals surface area contributed by atoms with Crippen molar-refractivity contribution >= 4 is 17.9 Å². The molecule has 1 aromatic carbocycles. The summed E-state index contributed by atoms with van der Waals surface area (Å²) in [6.07, 6.45) is 1.24. The van der Waals surface area contributed by atoms with E-state index < -0.39 is 0 Å². The van der Waals surface area contributed by atoms with Gasteiger partial charge >= 0.3 is 6.09 Å². The van der Waals surface area contributed by atoms with Gasteiger partial charge in [0.15, 0.2) is 0 Å². The summed E-state index contributed by atoms with van der Waals surface area (Å²) in [5.74, 6) is 1.78. The Hall–Kier alpha value is -2.83. The summed E-state index contributed by atoms with van der Waals surface area (Å²) in [4.78, 5) is 21.7. The van der Waals surface area contributed by atoms with Crippen LogP contribution in [0.1, 0.15) is 18.5 Å².